The fourth-order valence-corrected chi connectivity index (χ4v) is 2.72. The van der Waals surface area contributed by atoms with Gasteiger partial charge in [0.2, 0.25) is 0 Å². The highest BCUT2D eigenvalue weighted by molar-refractivity contribution is 5.92. The van der Waals surface area contributed by atoms with Crippen LogP contribution in [-0.2, 0) is 15.7 Å². The molecule has 11 heteroatoms. The first-order valence-corrected chi connectivity index (χ1v) is 8.31. The molecule has 0 bridgehead atoms. The monoisotopic (exact) mass is 398 g/mol. The van der Waals surface area contributed by atoms with E-state index in [-0.39, 0.29) is 31.0 Å². The fraction of sp³-hybridized carbons (Fsp3) is 0.412. The Balaban J connectivity index is 2.16. The lowest BCUT2D eigenvalue weighted by molar-refractivity contribution is -0.384. The van der Waals surface area contributed by atoms with E-state index in [4.69, 9.17) is 10.00 Å². The van der Waals surface area contributed by atoms with Gasteiger partial charge in [-0.3, -0.25) is 10.1 Å². The number of nitriles is 1. The smallest absolute Gasteiger partial charge is 0.416 e. The third-order valence-corrected chi connectivity index (χ3v) is 4.08. The molecule has 1 aromatic carbocycles. The molecule has 28 heavy (non-hydrogen) atoms. The molecular weight excluding hydrogens is 381 g/mol. The fourth-order valence-electron chi connectivity index (χ4n) is 2.72. The lowest BCUT2D eigenvalue weighted by atomic mass is 10.1. The van der Waals surface area contributed by atoms with Crippen LogP contribution in [0.15, 0.2) is 30.0 Å². The second kappa shape index (κ2) is 8.60. The van der Waals surface area contributed by atoms with Crippen molar-refractivity contribution in [3.63, 3.8) is 0 Å². The van der Waals surface area contributed by atoms with Crippen LogP contribution in [0.3, 0.4) is 0 Å². The number of alkyl halides is 3. The van der Waals surface area contributed by atoms with Crippen LogP contribution in [0.2, 0.25) is 0 Å². The summed E-state index contributed by atoms with van der Waals surface area (Å²) in [6, 6.07) is 4.18. The van der Waals surface area contributed by atoms with Crippen molar-refractivity contribution in [3.8, 4) is 6.07 Å². The first-order valence-electron chi connectivity index (χ1n) is 8.31. The van der Waals surface area contributed by atoms with Crippen LogP contribution in [-0.4, -0.2) is 48.6 Å². The number of nitro benzene ring substituents is 1. The van der Waals surface area contributed by atoms with Gasteiger partial charge in [0.15, 0.2) is 5.57 Å². The van der Waals surface area contributed by atoms with E-state index in [2.05, 4.69) is 0 Å². The first-order chi connectivity index (χ1) is 13.2. The van der Waals surface area contributed by atoms with E-state index < -0.39 is 28.3 Å². The highest BCUT2D eigenvalue weighted by atomic mass is 19.4. The minimum Gasteiger partial charge on any atom is -0.462 e. The topological polar surface area (TPSA) is 99.7 Å². The molecule has 150 valence electrons. The van der Waals surface area contributed by atoms with E-state index in [9.17, 15) is 28.1 Å². The van der Waals surface area contributed by atoms with Crippen molar-refractivity contribution in [3.05, 3.63) is 45.6 Å². The van der Waals surface area contributed by atoms with Crippen molar-refractivity contribution in [1.29, 1.82) is 5.26 Å². The van der Waals surface area contributed by atoms with Gasteiger partial charge < -0.3 is 14.5 Å². The lowest BCUT2D eigenvalue weighted by Crippen LogP contribution is -2.44. The zero-order valence-corrected chi connectivity index (χ0v) is 14.9. The number of piperazine rings is 1. The van der Waals surface area contributed by atoms with E-state index >= 15 is 0 Å². The molecule has 1 aliphatic rings. The SMILES string of the molecule is CCOC(=O)/C(C#N)=C\N1CCN(c2ccc(C(F)(F)F)cc2[N+](=O)[O-])CC1. The average Bonchev–Trinajstić information content (AvgIpc) is 2.65. The van der Waals surface area contributed by atoms with Crippen LogP contribution in [0.5, 0.6) is 0 Å². The third-order valence-electron chi connectivity index (χ3n) is 4.08. The van der Waals surface area contributed by atoms with Crippen LogP contribution in [0.1, 0.15) is 12.5 Å². The molecule has 0 spiro atoms. The Bertz CT molecular complexity index is 825. The maximum atomic E-state index is 12.8. The predicted molar refractivity (Wildman–Crippen MR) is 92.2 cm³/mol. The van der Waals surface area contributed by atoms with Crippen molar-refractivity contribution >= 4 is 17.3 Å². The maximum Gasteiger partial charge on any atom is 0.416 e. The van der Waals surface area contributed by atoms with Gasteiger partial charge in [-0.05, 0) is 19.1 Å². The summed E-state index contributed by atoms with van der Waals surface area (Å²) >= 11 is 0. The average molecular weight is 398 g/mol. The van der Waals surface area contributed by atoms with Crippen LogP contribution < -0.4 is 4.90 Å². The Morgan fingerprint density at radius 3 is 2.50 bits per heavy atom. The summed E-state index contributed by atoms with van der Waals surface area (Å²) in [7, 11) is 0. The molecule has 1 fully saturated rings. The van der Waals surface area contributed by atoms with Crippen LogP contribution in [0.4, 0.5) is 24.5 Å². The van der Waals surface area contributed by atoms with Crippen molar-refractivity contribution in [2.75, 3.05) is 37.7 Å². The summed E-state index contributed by atoms with van der Waals surface area (Å²) in [6.07, 6.45) is -3.32. The number of carbonyl (C=O) groups excluding carboxylic acids is 1. The molecule has 8 nitrogen and oxygen atoms in total. The molecule has 1 aliphatic heterocycles. The van der Waals surface area contributed by atoms with Gasteiger partial charge in [0, 0.05) is 38.4 Å². The van der Waals surface area contributed by atoms with E-state index in [1.165, 1.54) is 6.20 Å². The number of hydrogen-bond donors (Lipinski definition) is 0. The number of hydrogen-bond acceptors (Lipinski definition) is 7. The van der Waals surface area contributed by atoms with E-state index in [1.54, 1.807) is 22.8 Å². The van der Waals surface area contributed by atoms with Gasteiger partial charge >= 0.3 is 12.1 Å². The highest BCUT2D eigenvalue weighted by Crippen LogP contribution is 2.36. The van der Waals surface area contributed by atoms with Gasteiger partial charge in [-0.2, -0.15) is 18.4 Å². The Kier molecular flexibility index (Phi) is 6.45. The van der Waals surface area contributed by atoms with E-state index in [0.717, 1.165) is 12.1 Å². The predicted octanol–water partition coefficient (Wildman–Crippen LogP) is 2.71. The standard InChI is InChI=1S/C17H17F3N4O4/c1-2-28-16(25)12(10-21)11-22-5-7-23(8-6-22)14-4-3-13(17(18,19)20)9-15(14)24(26)27/h3-4,9,11H,2,5-8H2,1H3/b12-11-. The van der Waals surface area contributed by atoms with Gasteiger partial charge in [0.1, 0.15) is 11.8 Å². The second-order valence-corrected chi connectivity index (χ2v) is 5.86. The Labute approximate surface area is 158 Å². The number of esters is 1. The van der Waals surface area contributed by atoms with Gasteiger partial charge in [-0.25, -0.2) is 4.79 Å². The van der Waals surface area contributed by atoms with Gasteiger partial charge in [0.05, 0.1) is 17.1 Å². The normalized spacial score (nSPS) is 15.2. The Hall–Kier alpha value is -3.29. The molecule has 0 aliphatic carbocycles. The number of benzene rings is 1. The molecule has 0 amide bonds. The first kappa shape index (κ1) is 21.0. The summed E-state index contributed by atoms with van der Waals surface area (Å²) in [5.74, 6) is -0.745. The molecule has 0 radical (unpaired) electrons. The number of ether oxygens (including phenoxy) is 1. The minimum atomic E-state index is -4.67. The number of rotatable bonds is 5. The summed E-state index contributed by atoms with van der Waals surface area (Å²) < 4.78 is 43.2. The zero-order valence-electron chi connectivity index (χ0n) is 14.9. The summed E-state index contributed by atoms with van der Waals surface area (Å²) in [6.45, 7) is 2.92. The van der Waals surface area contributed by atoms with Crippen LogP contribution >= 0.6 is 0 Å². The van der Waals surface area contributed by atoms with Gasteiger partial charge in [-0.1, -0.05) is 0 Å². The molecule has 1 heterocycles. The number of carbonyl (C=O) groups is 1. The Morgan fingerprint density at radius 2 is 2.00 bits per heavy atom. The molecule has 2 rings (SSSR count). The minimum absolute atomic E-state index is 0.0903. The van der Waals surface area contributed by atoms with Crippen LogP contribution in [0.25, 0.3) is 0 Å². The van der Waals surface area contributed by atoms with Crippen molar-refractivity contribution < 1.29 is 27.6 Å². The van der Waals surface area contributed by atoms with Crippen molar-refractivity contribution in [1.82, 2.24) is 4.90 Å². The summed E-state index contributed by atoms with van der Waals surface area (Å²) in [4.78, 5) is 25.3. The molecule has 0 unspecified atom stereocenters. The van der Waals surface area contributed by atoms with Gasteiger partial charge in [-0.15, -0.1) is 0 Å². The third kappa shape index (κ3) is 4.91. The maximum absolute atomic E-state index is 12.8. The second-order valence-electron chi connectivity index (χ2n) is 5.86. The molecule has 0 aromatic heterocycles. The van der Waals surface area contributed by atoms with Crippen molar-refractivity contribution in [2.45, 2.75) is 13.1 Å². The molecular formula is C17H17F3N4O4. The largest absolute Gasteiger partial charge is 0.462 e. The summed E-state index contributed by atoms with van der Waals surface area (Å²) in [5.41, 5.74) is -1.79. The number of nitro groups is 1. The molecule has 0 N–H and O–H groups in total. The number of halogens is 3. The Morgan fingerprint density at radius 1 is 1.36 bits per heavy atom. The number of anilines is 1. The zero-order chi connectivity index (χ0) is 20.9. The van der Waals surface area contributed by atoms with Crippen molar-refractivity contribution in [2.24, 2.45) is 0 Å². The molecule has 0 saturated carbocycles. The lowest BCUT2D eigenvalue weighted by Gasteiger charge is -2.35. The molecule has 1 aromatic rings. The van der Waals surface area contributed by atoms with Gasteiger partial charge in [0.25, 0.3) is 5.69 Å². The molecule has 1 saturated heterocycles. The van der Waals surface area contributed by atoms with Crippen LogP contribution in [0, 0.1) is 21.4 Å². The molecule has 0 atom stereocenters. The quantitative estimate of drug-likeness (QED) is 0.247. The van der Waals surface area contributed by atoms with E-state index in [0.29, 0.717) is 19.2 Å². The van der Waals surface area contributed by atoms with E-state index in [1.807, 2.05) is 0 Å². The summed E-state index contributed by atoms with van der Waals surface area (Å²) in [5, 5.41) is 20.3. The highest BCUT2D eigenvalue weighted by Gasteiger charge is 2.34. The number of nitrogens with zero attached hydrogens (tertiary/aromatic N) is 4.